The topological polar surface area (TPSA) is 83.5 Å². The third kappa shape index (κ3) is 4.26. The minimum atomic E-state index is -3.77. The zero-order chi connectivity index (χ0) is 19.9. The Morgan fingerprint density at radius 1 is 0.893 bits per heavy atom. The maximum absolute atomic E-state index is 13.2. The van der Waals surface area contributed by atoms with E-state index in [1.54, 1.807) is 12.1 Å². The van der Waals surface area contributed by atoms with Crippen LogP contribution in [-0.4, -0.2) is 33.2 Å². The highest BCUT2D eigenvalue weighted by Gasteiger charge is 2.38. The predicted octanol–water partition coefficient (Wildman–Crippen LogP) is 3.13. The highest BCUT2D eigenvalue weighted by molar-refractivity contribution is 7.89. The standard InChI is InChI=1S/C19H21ClN2O4S2/c20-19-4-2-1-3-14(19)13-22(16-7-8-16)28(25,26)18-11-9-17(10-12-18)27(23,24)21-15-5-6-15/h1-4,9-12,15-16,21H,5-8,13H2. The van der Waals surface area contributed by atoms with Crippen molar-refractivity contribution in [1.82, 2.24) is 9.03 Å². The molecular formula is C19H21ClN2O4S2. The molecule has 0 amide bonds. The van der Waals surface area contributed by atoms with Crippen molar-refractivity contribution in [3.8, 4) is 0 Å². The monoisotopic (exact) mass is 440 g/mol. The third-order valence-electron chi connectivity index (χ3n) is 4.88. The van der Waals surface area contributed by atoms with Crippen LogP contribution < -0.4 is 4.72 Å². The zero-order valence-electron chi connectivity index (χ0n) is 15.1. The number of nitrogens with one attached hydrogen (secondary N) is 1. The molecule has 2 fully saturated rings. The van der Waals surface area contributed by atoms with E-state index in [4.69, 9.17) is 11.6 Å². The lowest BCUT2D eigenvalue weighted by atomic mass is 10.2. The molecule has 0 spiro atoms. The zero-order valence-corrected chi connectivity index (χ0v) is 17.5. The van der Waals surface area contributed by atoms with Crippen LogP contribution in [0, 0.1) is 0 Å². The molecule has 150 valence electrons. The summed E-state index contributed by atoms with van der Waals surface area (Å²) in [6.07, 6.45) is 3.29. The highest BCUT2D eigenvalue weighted by atomic mass is 35.5. The van der Waals surface area contributed by atoms with Gasteiger partial charge in [0.05, 0.1) is 9.79 Å². The van der Waals surface area contributed by atoms with E-state index in [0.29, 0.717) is 5.02 Å². The minimum Gasteiger partial charge on any atom is -0.208 e. The number of sulfonamides is 2. The van der Waals surface area contributed by atoms with E-state index in [-0.39, 0.29) is 28.4 Å². The van der Waals surface area contributed by atoms with Gasteiger partial charge in [0, 0.05) is 23.7 Å². The molecule has 0 saturated heterocycles. The number of hydrogen-bond donors (Lipinski definition) is 1. The van der Waals surface area contributed by atoms with E-state index in [9.17, 15) is 16.8 Å². The second kappa shape index (κ2) is 7.42. The summed E-state index contributed by atoms with van der Waals surface area (Å²) in [5.41, 5.74) is 0.743. The highest BCUT2D eigenvalue weighted by Crippen LogP contribution is 2.35. The molecular weight excluding hydrogens is 420 g/mol. The van der Waals surface area contributed by atoms with Gasteiger partial charge in [-0.3, -0.25) is 0 Å². The lowest BCUT2D eigenvalue weighted by Crippen LogP contribution is -2.33. The van der Waals surface area contributed by atoms with Crippen LogP contribution in [-0.2, 0) is 26.6 Å². The molecule has 0 aliphatic heterocycles. The predicted molar refractivity (Wildman–Crippen MR) is 107 cm³/mol. The molecule has 0 heterocycles. The molecule has 1 N–H and O–H groups in total. The Labute approximate surface area is 170 Å². The van der Waals surface area contributed by atoms with Gasteiger partial charge in [-0.25, -0.2) is 21.6 Å². The van der Waals surface area contributed by atoms with Crippen molar-refractivity contribution in [2.45, 2.75) is 54.1 Å². The first-order chi connectivity index (χ1) is 13.3. The number of hydrogen-bond acceptors (Lipinski definition) is 4. The van der Waals surface area contributed by atoms with Gasteiger partial charge in [0.25, 0.3) is 0 Å². The summed E-state index contributed by atoms with van der Waals surface area (Å²) in [6.45, 7) is 0.190. The van der Waals surface area contributed by atoms with Gasteiger partial charge < -0.3 is 0 Å². The van der Waals surface area contributed by atoms with Crippen LogP contribution >= 0.6 is 11.6 Å². The molecule has 0 unspecified atom stereocenters. The first-order valence-electron chi connectivity index (χ1n) is 9.15. The van der Waals surface area contributed by atoms with Gasteiger partial charge in [0.15, 0.2) is 0 Å². The Kier molecular flexibility index (Phi) is 5.26. The Morgan fingerprint density at radius 3 is 2.07 bits per heavy atom. The van der Waals surface area contributed by atoms with Gasteiger partial charge in [0.1, 0.15) is 0 Å². The fourth-order valence-electron chi connectivity index (χ4n) is 2.98. The van der Waals surface area contributed by atoms with Gasteiger partial charge in [-0.1, -0.05) is 29.8 Å². The van der Waals surface area contributed by atoms with Crippen LogP contribution in [0.5, 0.6) is 0 Å². The van der Waals surface area contributed by atoms with Gasteiger partial charge >= 0.3 is 0 Å². The molecule has 2 aromatic rings. The van der Waals surface area contributed by atoms with Crippen LogP contribution in [0.2, 0.25) is 5.02 Å². The third-order valence-corrected chi connectivity index (χ3v) is 8.70. The largest absolute Gasteiger partial charge is 0.243 e. The molecule has 2 aliphatic rings. The number of halogens is 1. The normalized spacial score (nSPS) is 17.8. The van der Waals surface area contributed by atoms with Crippen LogP contribution in [0.3, 0.4) is 0 Å². The van der Waals surface area contributed by atoms with E-state index >= 15 is 0 Å². The fraction of sp³-hybridized carbons (Fsp3) is 0.368. The van der Waals surface area contributed by atoms with E-state index in [2.05, 4.69) is 4.72 Å². The van der Waals surface area contributed by atoms with Crippen molar-refractivity contribution in [3.63, 3.8) is 0 Å². The van der Waals surface area contributed by atoms with Crippen molar-refractivity contribution in [3.05, 3.63) is 59.1 Å². The Hall–Kier alpha value is -1.45. The summed E-state index contributed by atoms with van der Waals surface area (Å²) >= 11 is 6.21. The van der Waals surface area contributed by atoms with E-state index < -0.39 is 20.0 Å². The summed E-state index contributed by atoms with van der Waals surface area (Å²) in [6, 6.07) is 12.5. The maximum atomic E-state index is 13.2. The maximum Gasteiger partial charge on any atom is 0.243 e. The van der Waals surface area contributed by atoms with Crippen molar-refractivity contribution < 1.29 is 16.8 Å². The van der Waals surface area contributed by atoms with Crippen LogP contribution in [0.15, 0.2) is 58.3 Å². The van der Waals surface area contributed by atoms with E-state index in [1.165, 1.54) is 28.6 Å². The summed E-state index contributed by atoms with van der Waals surface area (Å²) in [5, 5.41) is 0.524. The lowest BCUT2D eigenvalue weighted by molar-refractivity contribution is 0.398. The Morgan fingerprint density at radius 2 is 1.50 bits per heavy atom. The fourth-order valence-corrected chi connectivity index (χ4v) is 6.15. The second-order valence-corrected chi connectivity index (χ2v) is 11.3. The first-order valence-corrected chi connectivity index (χ1v) is 12.5. The Balaban J connectivity index is 1.59. The van der Waals surface area contributed by atoms with Gasteiger partial charge in [-0.2, -0.15) is 4.31 Å². The quantitative estimate of drug-likeness (QED) is 0.683. The summed E-state index contributed by atoms with van der Waals surface area (Å²) < 4.78 is 55.0. The summed E-state index contributed by atoms with van der Waals surface area (Å²) in [5.74, 6) is 0. The van der Waals surface area contributed by atoms with Gasteiger partial charge in [-0.15, -0.1) is 0 Å². The van der Waals surface area contributed by atoms with E-state index in [0.717, 1.165) is 31.2 Å². The van der Waals surface area contributed by atoms with Crippen molar-refractivity contribution >= 4 is 31.6 Å². The van der Waals surface area contributed by atoms with Gasteiger partial charge in [0.2, 0.25) is 20.0 Å². The first kappa shape index (κ1) is 19.8. The molecule has 0 aromatic heterocycles. The molecule has 2 aromatic carbocycles. The van der Waals surface area contributed by atoms with Crippen LogP contribution in [0.1, 0.15) is 31.2 Å². The average Bonchev–Trinajstić information content (AvgIpc) is 3.56. The van der Waals surface area contributed by atoms with E-state index in [1.807, 2.05) is 12.1 Å². The lowest BCUT2D eigenvalue weighted by Gasteiger charge is -2.22. The van der Waals surface area contributed by atoms with Crippen molar-refractivity contribution in [1.29, 1.82) is 0 Å². The van der Waals surface area contributed by atoms with Crippen LogP contribution in [0.4, 0.5) is 0 Å². The minimum absolute atomic E-state index is 0.00520. The van der Waals surface area contributed by atoms with Gasteiger partial charge in [-0.05, 0) is 61.6 Å². The SMILES string of the molecule is O=S(=O)(NC1CC1)c1ccc(S(=O)(=O)N(Cc2ccccc2Cl)C2CC2)cc1. The second-order valence-electron chi connectivity index (χ2n) is 7.24. The summed E-state index contributed by atoms with van der Waals surface area (Å²) in [7, 11) is -7.38. The molecule has 9 heteroatoms. The smallest absolute Gasteiger partial charge is 0.208 e. The summed E-state index contributed by atoms with van der Waals surface area (Å²) in [4.78, 5) is 0.152. The number of benzene rings is 2. The molecule has 6 nitrogen and oxygen atoms in total. The Bertz CT molecular complexity index is 1080. The van der Waals surface area contributed by atoms with Crippen LogP contribution in [0.25, 0.3) is 0 Å². The number of nitrogens with zero attached hydrogens (tertiary/aromatic N) is 1. The molecule has 28 heavy (non-hydrogen) atoms. The molecule has 4 rings (SSSR count). The molecule has 0 bridgehead atoms. The molecule has 2 saturated carbocycles. The molecule has 2 aliphatic carbocycles. The number of rotatable bonds is 8. The average molecular weight is 441 g/mol. The molecule has 0 radical (unpaired) electrons. The van der Waals surface area contributed by atoms with Crippen molar-refractivity contribution in [2.75, 3.05) is 0 Å². The molecule has 0 atom stereocenters. The van der Waals surface area contributed by atoms with Crippen molar-refractivity contribution in [2.24, 2.45) is 0 Å².